The van der Waals surface area contributed by atoms with Crippen LogP contribution in [0.1, 0.15) is 27.7 Å². The first-order chi connectivity index (χ1) is 13.0. The number of esters is 1. The maximum atomic E-state index is 12.5. The molecule has 0 radical (unpaired) electrons. The Morgan fingerprint density at radius 2 is 1.85 bits per heavy atom. The third-order valence-corrected chi connectivity index (χ3v) is 6.42. The fourth-order valence-electron chi connectivity index (χ4n) is 2.79. The predicted octanol–water partition coefficient (Wildman–Crippen LogP) is 5.43. The van der Waals surface area contributed by atoms with Crippen molar-refractivity contribution in [2.45, 2.75) is 25.7 Å². The van der Waals surface area contributed by atoms with E-state index in [9.17, 15) is 9.59 Å². The highest BCUT2D eigenvalue weighted by Gasteiger charge is 2.22. The third kappa shape index (κ3) is 4.34. The largest absolute Gasteiger partial charge is 0.462 e. The summed E-state index contributed by atoms with van der Waals surface area (Å²) in [6.45, 7) is 5.88. The van der Waals surface area contributed by atoms with E-state index in [1.807, 2.05) is 38.1 Å². The van der Waals surface area contributed by atoms with E-state index < -0.39 is 5.97 Å². The van der Waals surface area contributed by atoms with E-state index in [2.05, 4.69) is 23.5 Å². The number of anilines is 1. The van der Waals surface area contributed by atoms with Crippen molar-refractivity contribution in [3.8, 4) is 0 Å². The Kier molecular flexibility index (Phi) is 6.19. The Morgan fingerprint density at radius 3 is 2.63 bits per heavy atom. The number of ether oxygens (including phenoxy) is 1. The van der Waals surface area contributed by atoms with E-state index >= 15 is 0 Å². The SMILES string of the molecule is CCOC(=O)c1c(NC(=O)CSc2cccc3ccccc23)sc(C)c1C. The molecule has 1 aromatic heterocycles. The highest BCUT2D eigenvalue weighted by molar-refractivity contribution is 8.00. The van der Waals surface area contributed by atoms with Crippen LogP contribution in [0.15, 0.2) is 47.4 Å². The lowest BCUT2D eigenvalue weighted by molar-refractivity contribution is -0.113. The van der Waals surface area contributed by atoms with Crippen LogP contribution >= 0.6 is 23.1 Å². The molecule has 1 heterocycles. The molecule has 1 amide bonds. The summed E-state index contributed by atoms with van der Waals surface area (Å²) in [5.74, 6) is -0.261. The van der Waals surface area contributed by atoms with Crippen molar-refractivity contribution >= 4 is 50.7 Å². The van der Waals surface area contributed by atoms with Crippen LogP contribution in [-0.4, -0.2) is 24.2 Å². The monoisotopic (exact) mass is 399 g/mol. The van der Waals surface area contributed by atoms with Gasteiger partial charge in [-0.3, -0.25) is 4.79 Å². The Morgan fingerprint density at radius 1 is 1.11 bits per heavy atom. The molecule has 0 fully saturated rings. The fourth-order valence-corrected chi connectivity index (χ4v) is 4.73. The number of hydrogen-bond acceptors (Lipinski definition) is 5. The van der Waals surface area contributed by atoms with Crippen molar-refractivity contribution < 1.29 is 14.3 Å². The van der Waals surface area contributed by atoms with Gasteiger partial charge in [-0.2, -0.15) is 0 Å². The topological polar surface area (TPSA) is 55.4 Å². The fraction of sp³-hybridized carbons (Fsp3) is 0.238. The van der Waals surface area contributed by atoms with Gasteiger partial charge in [0.2, 0.25) is 5.91 Å². The molecule has 6 heteroatoms. The van der Waals surface area contributed by atoms with Gasteiger partial charge in [-0.25, -0.2) is 4.79 Å². The molecule has 0 spiro atoms. The summed E-state index contributed by atoms with van der Waals surface area (Å²) >= 11 is 2.89. The number of thiophene rings is 1. The molecule has 27 heavy (non-hydrogen) atoms. The molecule has 0 saturated carbocycles. The summed E-state index contributed by atoms with van der Waals surface area (Å²) in [4.78, 5) is 26.8. The van der Waals surface area contributed by atoms with Crippen LogP contribution in [0.4, 0.5) is 5.00 Å². The molecule has 3 rings (SSSR count). The number of fused-ring (bicyclic) bond motifs is 1. The second kappa shape index (κ2) is 8.59. The number of carbonyl (C=O) groups excluding carboxylic acids is 2. The quantitative estimate of drug-likeness (QED) is 0.444. The molecule has 1 N–H and O–H groups in total. The standard InChI is InChI=1S/C21H21NO3S2/c1-4-25-21(24)19-13(2)14(3)27-20(19)22-18(23)12-26-17-11-7-9-15-8-5-6-10-16(15)17/h5-11H,4,12H2,1-3H3,(H,22,23). The highest BCUT2D eigenvalue weighted by atomic mass is 32.2. The average molecular weight is 400 g/mol. The van der Waals surface area contributed by atoms with Crippen molar-refractivity contribution in [2.75, 3.05) is 17.7 Å². The van der Waals surface area contributed by atoms with Gasteiger partial charge < -0.3 is 10.1 Å². The first-order valence-electron chi connectivity index (χ1n) is 8.68. The molecule has 0 aliphatic heterocycles. The van der Waals surface area contributed by atoms with Crippen molar-refractivity contribution in [1.82, 2.24) is 0 Å². The summed E-state index contributed by atoms with van der Waals surface area (Å²) in [5, 5.41) is 5.73. The zero-order chi connectivity index (χ0) is 19.4. The lowest BCUT2D eigenvalue weighted by Gasteiger charge is -2.08. The van der Waals surface area contributed by atoms with E-state index in [-0.39, 0.29) is 11.7 Å². The molecule has 4 nitrogen and oxygen atoms in total. The van der Waals surface area contributed by atoms with E-state index in [0.29, 0.717) is 17.2 Å². The lowest BCUT2D eigenvalue weighted by atomic mass is 10.1. The van der Waals surface area contributed by atoms with Gasteiger partial charge in [-0.1, -0.05) is 36.4 Å². The minimum Gasteiger partial charge on any atom is -0.462 e. The van der Waals surface area contributed by atoms with Gasteiger partial charge in [0.1, 0.15) is 5.00 Å². The minimum absolute atomic E-state index is 0.139. The summed E-state index contributed by atoms with van der Waals surface area (Å²) in [6.07, 6.45) is 0. The molecular formula is C21H21NO3S2. The van der Waals surface area contributed by atoms with Gasteiger partial charge in [0.05, 0.1) is 17.9 Å². The van der Waals surface area contributed by atoms with E-state index in [4.69, 9.17) is 4.74 Å². The summed E-state index contributed by atoms with van der Waals surface area (Å²) in [6, 6.07) is 14.2. The Hall–Kier alpha value is -2.31. The van der Waals surface area contributed by atoms with Crippen molar-refractivity contribution in [3.05, 3.63) is 58.5 Å². The Bertz CT molecular complexity index is 989. The number of thioether (sulfide) groups is 1. The molecule has 0 aliphatic rings. The number of nitrogens with one attached hydrogen (secondary N) is 1. The smallest absolute Gasteiger partial charge is 0.341 e. The number of aryl methyl sites for hydroxylation is 1. The third-order valence-electron chi connectivity index (χ3n) is 4.23. The first-order valence-corrected chi connectivity index (χ1v) is 10.5. The predicted molar refractivity (Wildman–Crippen MR) is 113 cm³/mol. The Balaban J connectivity index is 1.73. The summed E-state index contributed by atoms with van der Waals surface area (Å²) in [5.41, 5.74) is 1.32. The number of hydrogen-bond donors (Lipinski definition) is 1. The average Bonchev–Trinajstić information content (AvgIpc) is 2.93. The minimum atomic E-state index is -0.392. The lowest BCUT2D eigenvalue weighted by Crippen LogP contribution is -2.16. The first kappa shape index (κ1) is 19.5. The van der Waals surface area contributed by atoms with E-state index in [1.165, 1.54) is 23.1 Å². The number of benzene rings is 2. The number of amides is 1. The van der Waals surface area contributed by atoms with Crippen molar-refractivity contribution in [1.29, 1.82) is 0 Å². The maximum Gasteiger partial charge on any atom is 0.341 e. The van der Waals surface area contributed by atoms with Crippen molar-refractivity contribution in [2.24, 2.45) is 0 Å². The zero-order valence-corrected chi connectivity index (χ0v) is 17.1. The molecule has 0 atom stereocenters. The summed E-state index contributed by atoms with van der Waals surface area (Å²) < 4.78 is 5.13. The van der Waals surface area contributed by atoms with Crippen LogP contribution in [-0.2, 0) is 9.53 Å². The molecule has 2 aromatic carbocycles. The van der Waals surface area contributed by atoms with Gasteiger partial charge in [-0.15, -0.1) is 23.1 Å². The molecule has 0 aliphatic carbocycles. The van der Waals surface area contributed by atoms with E-state index in [1.54, 1.807) is 6.92 Å². The van der Waals surface area contributed by atoms with Crippen LogP contribution in [0.25, 0.3) is 10.8 Å². The van der Waals surface area contributed by atoms with E-state index in [0.717, 1.165) is 26.1 Å². The van der Waals surface area contributed by atoms with Crippen LogP contribution in [0.5, 0.6) is 0 Å². The molecule has 0 saturated heterocycles. The van der Waals surface area contributed by atoms with Gasteiger partial charge >= 0.3 is 5.97 Å². The van der Waals surface area contributed by atoms with Crippen LogP contribution in [0.3, 0.4) is 0 Å². The van der Waals surface area contributed by atoms with Gasteiger partial charge in [0.25, 0.3) is 0 Å². The maximum absolute atomic E-state index is 12.5. The second-order valence-electron chi connectivity index (χ2n) is 6.02. The molecule has 0 unspecified atom stereocenters. The zero-order valence-electron chi connectivity index (χ0n) is 15.5. The highest BCUT2D eigenvalue weighted by Crippen LogP contribution is 2.33. The van der Waals surface area contributed by atoms with Crippen LogP contribution < -0.4 is 5.32 Å². The molecule has 3 aromatic rings. The van der Waals surface area contributed by atoms with Crippen LogP contribution in [0.2, 0.25) is 0 Å². The molecule has 0 bridgehead atoms. The van der Waals surface area contributed by atoms with Crippen molar-refractivity contribution in [3.63, 3.8) is 0 Å². The summed E-state index contributed by atoms with van der Waals surface area (Å²) in [7, 11) is 0. The Labute approximate surface area is 166 Å². The number of rotatable bonds is 6. The van der Waals surface area contributed by atoms with Gasteiger partial charge in [-0.05, 0) is 43.2 Å². The number of carbonyl (C=O) groups is 2. The van der Waals surface area contributed by atoms with Gasteiger partial charge in [0, 0.05) is 9.77 Å². The van der Waals surface area contributed by atoms with Gasteiger partial charge in [0.15, 0.2) is 0 Å². The second-order valence-corrected chi connectivity index (χ2v) is 8.26. The molecular weight excluding hydrogens is 378 g/mol. The normalized spacial score (nSPS) is 10.8. The van der Waals surface area contributed by atoms with Crippen LogP contribution in [0, 0.1) is 13.8 Å². The molecule has 140 valence electrons.